The predicted molar refractivity (Wildman–Crippen MR) is 58.1 cm³/mol. The van der Waals surface area contributed by atoms with Crippen LogP contribution in [0.1, 0.15) is 5.56 Å². The number of nitrogens with two attached hydrogens (primary N) is 1. The number of primary amides is 1. The summed E-state index contributed by atoms with van der Waals surface area (Å²) in [6.07, 6.45) is 0. The molecule has 0 spiro atoms. The second kappa shape index (κ2) is 4.40. The molecule has 1 aliphatic heterocycles. The Morgan fingerprint density at radius 1 is 1.62 bits per heavy atom. The molecule has 1 amide bonds. The van der Waals surface area contributed by atoms with E-state index in [0.717, 1.165) is 17.1 Å². The summed E-state index contributed by atoms with van der Waals surface area (Å²) in [5, 5.41) is 0. The number of hydrogen-bond donors (Lipinski definition) is 1. The number of rotatable bonds is 3. The van der Waals surface area contributed by atoms with Crippen molar-refractivity contribution in [2.75, 3.05) is 20.4 Å². The summed E-state index contributed by atoms with van der Waals surface area (Å²) in [5.74, 6) is 1.26. The van der Waals surface area contributed by atoms with E-state index in [-0.39, 0.29) is 12.5 Å². The van der Waals surface area contributed by atoms with Crippen LogP contribution in [0.2, 0.25) is 0 Å². The molecular formula is C11H14N2O3. The summed E-state index contributed by atoms with van der Waals surface area (Å²) >= 11 is 0. The van der Waals surface area contributed by atoms with Gasteiger partial charge in [0, 0.05) is 12.1 Å². The molecule has 86 valence electrons. The molecule has 1 aromatic carbocycles. The lowest BCUT2D eigenvalue weighted by molar-refractivity contribution is -0.120. The van der Waals surface area contributed by atoms with E-state index in [0.29, 0.717) is 13.3 Å². The minimum absolute atomic E-state index is 0.205. The fraction of sp³-hybridized carbons (Fsp3) is 0.364. The van der Waals surface area contributed by atoms with Gasteiger partial charge in [0.2, 0.25) is 5.91 Å². The lowest BCUT2D eigenvalue weighted by atomic mass is 10.1. The fourth-order valence-electron chi connectivity index (χ4n) is 1.72. The number of carbonyl (C=O) groups is 1. The highest BCUT2D eigenvalue weighted by atomic mass is 16.5. The first-order valence-electron chi connectivity index (χ1n) is 4.99. The number of carbonyl (C=O) groups excluding carboxylic acids is 1. The summed E-state index contributed by atoms with van der Waals surface area (Å²) in [6.45, 7) is 1.24. The van der Waals surface area contributed by atoms with E-state index in [2.05, 4.69) is 0 Å². The van der Waals surface area contributed by atoms with Crippen molar-refractivity contribution in [2.45, 2.75) is 6.54 Å². The van der Waals surface area contributed by atoms with Gasteiger partial charge in [0.05, 0.1) is 13.7 Å². The Morgan fingerprint density at radius 2 is 2.44 bits per heavy atom. The number of ether oxygens (including phenoxy) is 2. The Kier molecular flexibility index (Phi) is 2.96. The molecule has 0 fully saturated rings. The second-order valence-corrected chi connectivity index (χ2v) is 3.70. The molecule has 1 aliphatic rings. The Balaban J connectivity index is 2.14. The zero-order chi connectivity index (χ0) is 11.5. The van der Waals surface area contributed by atoms with Crippen molar-refractivity contribution in [1.82, 2.24) is 4.90 Å². The highest BCUT2D eigenvalue weighted by Crippen LogP contribution is 2.28. The van der Waals surface area contributed by atoms with Crippen molar-refractivity contribution >= 4 is 5.91 Å². The molecule has 0 atom stereocenters. The fourth-order valence-corrected chi connectivity index (χ4v) is 1.72. The van der Waals surface area contributed by atoms with Gasteiger partial charge in [0.25, 0.3) is 0 Å². The van der Waals surface area contributed by atoms with Crippen molar-refractivity contribution in [1.29, 1.82) is 0 Å². The maximum atomic E-state index is 10.8. The van der Waals surface area contributed by atoms with E-state index in [1.807, 2.05) is 23.1 Å². The van der Waals surface area contributed by atoms with Gasteiger partial charge in [-0.25, -0.2) is 0 Å². The van der Waals surface area contributed by atoms with E-state index in [1.165, 1.54) is 0 Å². The molecule has 0 aromatic heterocycles. The minimum atomic E-state index is -0.352. The van der Waals surface area contributed by atoms with Gasteiger partial charge in [0.15, 0.2) is 0 Å². The summed E-state index contributed by atoms with van der Waals surface area (Å²) in [4.78, 5) is 12.6. The summed E-state index contributed by atoms with van der Waals surface area (Å²) in [5.41, 5.74) is 6.14. The third-order valence-corrected chi connectivity index (χ3v) is 2.44. The highest BCUT2D eigenvalue weighted by molar-refractivity contribution is 5.75. The third-order valence-electron chi connectivity index (χ3n) is 2.44. The zero-order valence-corrected chi connectivity index (χ0v) is 9.10. The van der Waals surface area contributed by atoms with Gasteiger partial charge in [-0.1, -0.05) is 0 Å². The van der Waals surface area contributed by atoms with E-state index in [4.69, 9.17) is 15.2 Å². The van der Waals surface area contributed by atoms with E-state index in [1.54, 1.807) is 7.11 Å². The molecule has 1 aromatic rings. The molecule has 0 unspecified atom stereocenters. The number of hydrogen-bond acceptors (Lipinski definition) is 4. The number of nitrogens with zero attached hydrogens (tertiary/aromatic N) is 1. The highest BCUT2D eigenvalue weighted by Gasteiger charge is 2.18. The zero-order valence-electron chi connectivity index (χ0n) is 9.10. The second-order valence-electron chi connectivity index (χ2n) is 3.70. The molecule has 0 saturated heterocycles. The van der Waals surface area contributed by atoms with Crippen molar-refractivity contribution < 1.29 is 14.3 Å². The lowest BCUT2D eigenvalue weighted by Gasteiger charge is -2.28. The molecule has 2 N–H and O–H groups in total. The quantitative estimate of drug-likeness (QED) is 0.800. The van der Waals surface area contributed by atoms with Crippen LogP contribution in [0.25, 0.3) is 0 Å². The first-order valence-corrected chi connectivity index (χ1v) is 4.99. The number of amides is 1. The van der Waals surface area contributed by atoms with Crippen molar-refractivity contribution in [3.63, 3.8) is 0 Å². The summed E-state index contributed by atoms with van der Waals surface area (Å²) in [6, 6.07) is 5.63. The minimum Gasteiger partial charge on any atom is -0.497 e. The topological polar surface area (TPSA) is 64.8 Å². The maximum absolute atomic E-state index is 10.8. The van der Waals surface area contributed by atoms with E-state index < -0.39 is 0 Å². The number of benzene rings is 1. The molecule has 0 saturated carbocycles. The van der Waals surface area contributed by atoms with Crippen molar-refractivity contribution in [3.8, 4) is 11.5 Å². The summed E-state index contributed by atoms with van der Waals surface area (Å²) < 4.78 is 10.6. The van der Waals surface area contributed by atoms with E-state index in [9.17, 15) is 4.79 Å². The van der Waals surface area contributed by atoms with Crippen LogP contribution in [-0.2, 0) is 11.3 Å². The van der Waals surface area contributed by atoms with Gasteiger partial charge in [-0.05, 0) is 18.2 Å². The number of fused-ring (bicyclic) bond motifs is 1. The van der Waals surface area contributed by atoms with Gasteiger partial charge in [-0.15, -0.1) is 0 Å². The molecule has 0 bridgehead atoms. The maximum Gasteiger partial charge on any atom is 0.231 e. The molecule has 0 radical (unpaired) electrons. The predicted octanol–water partition coefficient (Wildman–Crippen LogP) is 0.332. The summed E-state index contributed by atoms with van der Waals surface area (Å²) in [7, 11) is 1.62. The SMILES string of the molecule is COc1ccc2c(c1)CN(CC(N)=O)CO2. The third kappa shape index (κ3) is 2.25. The van der Waals surface area contributed by atoms with Crippen molar-refractivity contribution in [3.05, 3.63) is 23.8 Å². The largest absolute Gasteiger partial charge is 0.497 e. The van der Waals surface area contributed by atoms with Crippen LogP contribution in [0.4, 0.5) is 0 Å². The Labute approximate surface area is 93.7 Å². The van der Waals surface area contributed by atoms with Gasteiger partial charge in [0.1, 0.15) is 18.2 Å². The Bertz CT molecular complexity index is 406. The first kappa shape index (κ1) is 10.8. The normalized spacial score (nSPS) is 15.1. The van der Waals surface area contributed by atoms with Gasteiger partial charge >= 0.3 is 0 Å². The molecule has 5 heteroatoms. The average molecular weight is 222 g/mol. The van der Waals surface area contributed by atoms with Crippen LogP contribution in [0.3, 0.4) is 0 Å². The molecule has 5 nitrogen and oxygen atoms in total. The van der Waals surface area contributed by atoms with Crippen LogP contribution in [-0.4, -0.2) is 31.2 Å². The molecule has 16 heavy (non-hydrogen) atoms. The van der Waals surface area contributed by atoms with Crippen LogP contribution in [0.5, 0.6) is 11.5 Å². The monoisotopic (exact) mass is 222 g/mol. The lowest BCUT2D eigenvalue weighted by Crippen LogP contribution is -2.38. The van der Waals surface area contributed by atoms with Crippen LogP contribution in [0.15, 0.2) is 18.2 Å². The molecule has 1 heterocycles. The van der Waals surface area contributed by atoms with Crippen LogP contribution >= 0.6 is 0 Å². The van der Waals surface area contributed by atoms with Gasteiger partial charge < -0.3 is 15.2 Å². The van der Waals surface area contributed by atoms with Crippen molar-refractivity contribution in [2.24, 2.45) is 5.73 Å². The first-order chi connectivity index (χ1) is 7.69. The number of methoxy groups -OCH3 is 1. The standard InChI is InChI=1S/C11H14N2O3/c1-15-9-2-3-10-8(4-9)5-13(7-16-10)6-11(12)14/h2-4H,5-7H2,1H3,(H2,12,14). The Morgan fingerprint density at radius 3 is 3.12 bits per heavy atom. The van der Waals surface area contributed by atoms with Crippen LogP contribution < -0.4 is 15.2 Å². The molecule has 2 rings (SSSR count). The van der Waals surface area contributed by atoms with Gasteiger partial charge in [-0.3, -0.25) is 9.69 Å². The van der Waals surface area contributed by atoms with Crippen LogP contribution in [0, 0.1) is 0 Å². The van der Waals surface area contributed by atoms with Gasteiger partial charge in [-0.2, -0.15) is 0 Å². The smallest absolute Gasteiger partial charge is 0.231 e. The Hall–Kier alpha value is -1.75. The van der Waals surface area contributed by atoms with E-state index >= 15 is 0 Å². The molecule has 0 aliphatic carbocycles. The average Bonchev–Trinajstić information content (AvgIpc) is 2.27. The molecular weight excluding hydrogens is 208 g/mol.